The van der Waals surface area contributed by atoms with Crippen molar-refractivity contribution in [3.63, 3.8) is 0 Å². The van der Waals surface area contributed by atoms with E-state index < -0.39 is 0 Å². The Labute approximate surface area is 387 Å². The number of pyridine rings is 3. The van der Waals surface area contributed by atoms with Gasteiger partial charge in [-0.1, -0.05) is 182 Å². The zero-order valence-electron chi connectivity index (χ0n) is 36.3. The van der Waals surface area contributed by atoms with Crippen molar-refractivity contribution in [2.24, 2.45) is 0 Å². The number of rotatable bonds is 12. The van der Waals surface area contributed by atoms with Crippen LogP contribution in [0.3, 0.4) is 0 Å². The van der Waals surface area contributed by atoms with Crippen molar-refractivity contribution >= 4 is 36.5 Å². The second-order valence-electron chi connectivity index (χ2n) is 16.1. The molecule has 10 aromatic rings. The molecule has 66 heavy (non-hydrogen) atoms. The van der Waals surface area contributed by atoms with E-state index in [2.05, 4.69) is 233 Å². The Bertz CT molecular complexity index is 2940. The van der Waals surface area contributed by atoms with Crippen LogP contribution in [0.2, 0.25) is 0 Å². The van der Waals surface area contributed by atoms with Gasteiger partial charge in [-0.3, -0.25) is 15.0 Å². The third-order valence-electron chi connectivity index (χ3n) is 11.7. The first-order valence-corrected chi connectivity index (χ1v) is 22.2. The van der Waals surface area contributed by atoms with E-state index in [-0.39, 0.29) is 0 Å². The fourth-order valence-corrected chi connectivity index (χ4v) is 8.34. The van der Waals surface area contributed by atoms with Crippen LogP contribution in [0.25, 0.3) is 104 Å². The monoisotopic (exact) mass is 843 g/mol. The summed E-state index contributed by atoms with van der Waals surface area (Å²) in [5.74, 6) is 0. The first kappa shape index (κ1) is 41.2. The highest BCUT2D eigenvalue weighted by Gasteiger charge is 2.11. The van der Waals surface area contributed by atoms with E-state index in [1.165, 1.54) is 0 Å². The second kappa shape index (κ2) is 19.7. The Kier molecular flexibility index (Phi) is 12.3. The van der Waals surface area contributed by atoms with E-state index in [9.17, 15) is 0 Å². The zero-order chi connectivity index (χ0) is 44.3. The molecule has 0 saturated carbocycles. The van der Waals surface area contributed by atoms with Crippen molar-refractivity contribution < 1.29 is 0 Å². The van der Waals surface area contributed by atoms with Gasteiger partial charge in [0.1, 0.15) is 0 Å². The number of nitrogens with zero attached hydrogens (tertiary/aromatic N) is 3. The molecule has 0 unspecified atom stereocenters. The van der Waals surface area contributed by atoms with Gasteiger partial charge in [-0.2, -0.15) is 0 Å². The van der Waals surface area contributed by atoms with Crippen LogP contribution in [0, 0.1) is 0 Å². The summed E-state index contributed by atoms with van der Waals surface area (Å²) in [7, 11) is 0. The lowest BCUT2D eigenvalue weighted by Gasteiger charge is -2.11. The molecule has 3 aromatic heterocycles. The Morgan fingerprint density at radius 2 is 0.515 bits per heavy atom. The van der Waals surface area contributed by atoms with E-state index >= 15 is 0 Å². The van der Waals surface area contributed by atoms with Crippen molar-refractivity contribution in [3.8, 4) is 67.2 Å². The van der Waals surface area contributed by atoms with Gasteiger partial charge in [-0.25, -0.2) is 0 Å². The minimum Gasteiger partial charge on any atom is -0.256 e. The highest BCUT2D eigenvalue weighted by Crippen LogP contribution is 2.34. The largest absolute Gasteiger partial charge is 0.256 e. The summed E-state index contributed by atoms with van der Waals surface area (Å²) in [6.45, 7) is 0. The predicted octanol–water partition coefficient (Wildman–Crippen LogP) is 16.4. The molecular formula is C63H45N3. The van der Waals surface area contributed by atoms with Crippen LogP contribution < -0.4 is 0 Å². The van der Waals surface area contributed by atoms with Crippen LogP contribution in [0.5, 0.6) is 0 Å². The summed E-state index contributed by atoms with van der Waals surface area (Å²) < 4.78 is 0. The molecule has 0 fully saturated rings. The summed E-state index contributed by atoms with van der Waals surface area (Å²) in [6.07, 6.45) is 18.9. The lowest BCUT2D eigenvalue weighted by atomic mass is 9.94. The minimum atomic E-state index is 0.949. The van der Waals surface area contributed by atoms with E-state index in [1.54, 1.807) is 0 Å². The van der Waals surface area contributed by atoms with E-state index in [0.29, 0.717) is 0 Å². The first-order chi connectivity index (χ1) is 32.7. The topological polar surface area (TPSA) is 38.7 Å². The molecule has 10 rings (SSSR count). The van der Waals surface area contributed by atoms with Crippen LogP contribution >= 0.6 is 0 Å². The maximum Gasteiger partial charge on any atom is 0.0702 e. The maximum atomic E-state index is 4.65. The predicted molar refractivity (Wildman–Crippen MR) is 279 cm³/mol. The lowest BCUT2D eigenvalue weighted by molar-refractivity contribution is 1.33. The smallest absolute Gasteiger partial charge is 0.0702 e. The Morgan fingerprint density at radius 3 is 0.788 bits per heavy atom. The zero-order valence-corrected chi connectivity index (χ0v) is 36.3. The van der Waals surface area contributed by atoms with Crippen LogP contribution in [-0.2, 0) is 0 Å². The fourth-order valence-electron chi connectivity index (χ4n) is 8.34. The van der Waals surface area contributed by atoms with Gasteiger partial charge in [-0.05, 0) is 140 Å². The highest BCUT2D eigenvalue weighted by molar-refractivity contribution is 5.89. The van der Waals surface area contributed by atoms with Gasteiger partial charge in [0.2, 0.25) is 0 Å². The first-order valence-electron chi connectivity index (χ1n) is 22.2. The summed E-state index contributed by atoms with van der Waals surface area (Å²) in [4.78, 5) is 13.9. The molecule has 0 bridgehead atoms. The normalized spacial score (nSPS) is 11.5. The number of hydrogen-bond acceptors (Lipinski definition) is 3. The average molecular weight is 844 g/mol. The summed E-state index contributed by atoms with van der Waals surface area (Å²) in [5, 5.41) is 0. The van der Waals surface area contributed by atoms with Crippen molar-refractivity contribution in [2.45, 2.75) is 0 Å². The summed E-state index contributed by atoms with van der Waals surface area (Å²) in [6, 6.07) is 76.5. The van der Waals surface area contributed by atoms with Crippen molar-refractivity contribution in [3.05, 3.63) is 270 Å². The van der Waals surface area contributed by atoms with Gasteiger partial charge in [0.05, 0.1) is 17.1 Å². The van der Waals surface area contributed by atoms with Crippen LogP contribution in [0.15, 0.2) is 237 Å². The van der Waals surface area contributed by atoms with Crippen molar-refractivity contribution in [2.75, 3.05) is 0 Å². The van der Waals surface area contributed by atoms with Gasteiger partial charge in [0.15, 0.2) is 0 Å². The molecule has 0 atom stereocenters. The molecule has 0 N–H and O–H groups in total. The third-order valence-corrected chi connectivity index (χ3v) is 11.7. The van der Waals surface area contributed by atoms with Crippen LogP contribution in [0.4, 0.5) is 0 Å². The Morgan fingerprint density at radius 1 is 0.227 bits per heavy atom. The van der Waals surface area contributed by atoms with Gasteiger partial charge in [0.25, 0.3) is 0 Å². The fraction of sp³-hybridized carbons (Fsp3) is 0. The molecule has 3 heterocycles. The summed E-state index contributed by atoms with van der Waals surface area (Å²) in [5.41, 5.74) is 19.6. The Balaban J connectivity index is 1.06. The summed E-state index contributed by atoms with van der Waals surface area (Å²) >= 11 is 0. The van der Waals surface area contributed by atoms with Gasteiger partial charge in [0, 0.05) is 35.3 Å². The SMILES string of the molecule is C(=Cc1ccc(-c2ccccn2)cc1-c1ccccc1)c1cc(C=Cc2ccc(-c3ccccn3)cc2-c2ccccc2)cc(/C=C\c2ccc(-c3ccccn3)cc2-c2ccccc2)c1. The van der Waals surface area contributed by atoms with Gasteiger partial charge >= 0.3 is 0 Å². The standard InChI is InChI=1S/C63H45N3/c1-4-16-49(17-5-1)58-43-55(61-22-10-13-37-64-61)34-31-52(58)28-25-46-40-47(26-29-53-32-35-56(62-23-11-14-38-65-62)44-59(53)50-18-6-2-7-19-50)42-48(41-46)27-30-54-33-36-57(63-24-12-15-39-66-63)45-60(54)51-20-8-3-9-21-51/h1-45H/b28-25-,29-26?,30-27?. The molecule has 7 aromatic carbocycles. The quantitative estimate of drug-likeness (QED) is 0.115. The molecule has 0 radical (unpaired) electrons. The molecule has 3 nitrogen and oxygen atoms in total. The van der Waals surface area contributed by atoms with Crippen LogP contribution in [-0.4, -0.2) is 15.0 Å². The Hall–Kier alpha value is -8.79. The molecule has 0 saturated heterocycles. The van der Waals surface area contributed by atoms with Gasteiger partial charge in [-0.15, -0.1) is 0 Å². The number of hydrogen-bond donors (Lipinski definition) is 0. The van der Waals surface area contributed by atoms with Crippen molar-refractivity contribution in [1.82, 2.24) is 15.0 Å². The van der Waals surface area contributed by atoms with E-state index in [1.807, 2.05) is 55.0 Å². The molecule has 0 aliphatic carbocycles. The molecule has 3 heteroatoms. The number of benzene rings is 7. The maximum absolute atomic E-state index is 4.65. The molecular weight excluding hydrogens is 799 g/mol. The molecule has 0 aliphatic heterocycles. The van der Waals surface area contributed by atoms with Crippen LogP contribution in [0.1, 0.15) is 33.4 Å². The minimum absolute atomic E-state index is 0.949. The van der Waals surface area contributed by atoms with E-state index in [0.717, 1.165) is 101 Å². The van der Waals surface area contributed by atoms with Gasteiger partial charge < -0.3 is 0 Å². The lowest BCUT2D eigenvalue weighted by Crippen LogP contribution is -1.89. The highest BCUT2D eigenvalue weighted by atomic mass is 14.7. The molecule has 312 valence electrons. The molecule has 0 aliphatic rings. The second-order valence-corrected chi connectivity index (χ2v) is 16.1. The molecule has 0 amide bonds. The number of aromatic nitrogens is 3. The van der Waals surface area contributed by atoms with E-state index in [4.69, 9.17) is 0 Å². The third kappa shape index (κ3) is 9.72. The molecule has 0 spiro atoms. The average Bonchev–Trinajstić information content (AvgIpc) is 3.40. The van der Waals surface area contributed by atoms with Crippen molar-refractivity contribution in [1.29, 1.82) is 0 Å².